The smallest absolute Gasteiger partial charge is 0.335 e. The van der Waals surface area contributed by atoms with Crippen LogP contribution in [0.4, 0.5) is 0 Å². The second-order valence-electron chi connectivity index (χ2n) is 6.32. The first-order chi connectivity index (χ1) is 9.97. The molecule has 0 spiro atoms. The number of hydrogen-bond donors (Lipinski definition) is 1. The van der Waals surface area contributed by atoms with Crippen molar-refractivity contribution in [3.05, 3.63) is 33.8 Å². The summed E-state index contributed by atoms with van der Waals surface area (Å²) in [7, 11) is 0. The van der Waals surface area contributed by atoms with Crippen LogP contribution in [0.3, 0.4) is 0 Å². The molecule has 1 heterocycles. The quantitative estimate of drug-likeness (QED) is 0.871. The highest BCUT2D eigenvalue weighted by Gasteiger charge is 2.20. The van der Waals surface area contributed by atoms with E-state index in [1.54, 1.807) is 12.1 Å². The van der Waals surface area contributed by atoms with Gasteiger partial charge in [-0.1, -0.05) is 35.8 Å². The van der Waals surface area contributed by atoms with Gasteiger partial charge in [0.15, 0.2) is 0 Å². The highest BCUT2D eigenvalue weighted by Crippen LogP contribution is 2.26. The summed E-state index contributed by atoms with van der Waals surface area (Å²) in [6.45, 7) is 7.81. The van der Waals surface area contributed by atoms with Crippen molar-refractivity contribution >= 4 is 21.9 Å². The van der Waals surface area contributed by atoms with Crippen LogP contribution in [0.1, 0.15) is 49.0 Å². The number of likely N-dealkylation sites (tertiary alicyclic amines) is 1. The molecule has 0 bridgehead atoms. The maximum absolute atomic E-state index is 11.0. The molecule has 1 aliphatic heterocycles. The number of aromatic carboxylic acids is 1. The van der Waals surface area contributed by atoms with E-state index in [1.165, 1.54) is 24.8 Å². The second-order valence-corrected chi connectivity index (χ2v) is 7.18. The highest BCUT2D eigenvalue weighted by molar-refractivity contribution is 9.10. The minimum atomic E-state index is -0.878. The predicted octanol–water partition coefficient (Wildman–Crippen LogP) is 4.41. The van der Waals surface area contributed by atoms with Gasteiger partial charge in [0.1, 0.15) is 0 Å². The first-order valence-corrected chi connectivity index (χ1v) is 8.50. The van der Waals surface area contributed by atoms with Crippen molar-refractivity contribution in [2.45, 2.75) is 39.7 Å². The van der Waals surface area contributed by atoms with E-state index in [4.69, 9.17) is 5.11 Å². The number of carbonyl (C=O) groups is 1. The lowest BCUT2D eigenvalue weighted by atomic mass is 9.89. The van der Waals surface area contributed by atoms with Crippen molar-refractivity contribution < 1.29 is 9.90 Å². The van der Waals surface area contributed by atoms with Crippen molar-refractivity contribution in [1.82, 2.24) is 4.90 Å². The molecule has 4 heteroatoms. The Labute approximate surface area is 135 Å². The van der Waals surface area contributed by atoms with Crippen molar-refractivity contribution in [1.29, 1.82) is 0 Å². The van der Waals surface area contributed by atoms with Crippen LogP contribution in [0.15, 0.2) is 22.7 Å². The van der Waals surface area contributed by atoms with Gasteiger partial charge in [-0.15, -0.1) is 0 Å². The van der Waals surface area contributed by atoms with Crippen molar-refractivity contribution in [3.63, 3.8) is 0 Å². The van der Waals surface area contributed by atoms with E-state index in [1.807, 2.05) is 6.07 Å². The van der Waals surface area contributed by atoms with Crippen LogP contribution in [-0.4, -0.2) is 29.1 Å². The molecule has 2 rings (SSSR count). The molecule has 0 saturated carbocycles. The molecule has 1 unspecified atom stereocenters. The third kappa shape index (κ3) is 4.55. The number of benzene rings is 1. The first kappa shape index (κ1) is 16.5. The highest BCUT2D eigenvalue weighted by atomic mass is 79.9. The molecule has 21 heavy (non-hydrogen) atoms. The molecule has 1 saturated heterocycles. The molecule has 0 aromatic heterocycles. The number of nitrogens with zero attached hydrogens (tertiary/aromatic N) is 1. The summed E-state index contributed by atoms with van der Waals surface area (Å²) in [5.41, 5.74) is 1.50. The SMILES string of the molecule is CC(C)C1CCCN(Cc2ccc(C(=O)O)cc2Br)CC1. The maximum Gasteiger partial charge on any atom is 0.335 e. The number of rotatable bonds is 4. The zero-order chi connectivity index (χ0) is 15.4. The van der Waals surface area contributed by atoms with Gasteiger partial charge < -0.3 is 5.11 Å². The molecule has 1 aliphatic rings. The zero-order valence-electron chi connectivity index (χ0n) is 12.8. The molecule has 1 aromatic carbocycles. The fourth-order valence-electron chi connectivity index (χ4n) is 3.06. The predicted molar refractivity (Wildman–Crippen MR) is 88.6 cm³/mol. The van der Waals surface area contributed by atoms with E-state index in [9.17, 15) is 4.79 Å². The van der Waals surface area contributed by atoms with Crippen LogP contribution >= 0.6 is 15.9 Å². The van der Waals surface area contributed by atoms with Gasteiger partial charge >= 0.3 is 5.97 Å². The third-order valence-electron chi connectivity index (χ3n) is 4.50. The summed E-state index contributed by atoms with van der Waals surface area (Å²) in [4.78, 5) is 13.5. The number of carboxylic acids is 1. The van der Waals surface area contributed by atoms with Crippen molar-refractivity contribution in [3.8, 4) is 0 Å². The van der Waals surface area contributed by atoms with Crippen LogP contribution in [0.2, 0.25) is 0 Å². The topological polar surface area (TPSA) is 40.5 Å². The molecule has 0 radical (unpaired) electrons. The average molecular weight is 354 g/mol. The molecule has 116 valence electrons. The molecule has 1 aromatic rings. The Balaban J connectivity index is 2.00. The summed E-state index contributed by atoms with van der Waals surface area (Å²) < 4.78 is 0.895. The van der Waals surface area contributed by atoms with E-state index in [0.717, 1.165) is 35.9 Å². The lowest BCUT2D eigenvalue weighted by Crippen LogP contribution is -2.24. The summed E-state index contributed by atoms with van der Waals surface area (Å²) in [6.07, 6.45) is 3.85. The van der Waals surface area contributed by atoms with Gasteiger partial charge in [0.2, 0.25) is 0 Å². The van der Waals surface area contributed by atoms with Gasteiger partial charge in [-0.2, -0.15) is 0 Å². The number of hydrogen-bond acceptors (Lipinski definition) is 2. The standard InChI is InChI=1S/C17H24BrNO2/c1-12(2)13-4-3-8-19(9-7-13)11-15-6-5-14(17(20)21)10-16(15)18/h5-6,10,12-13H,3-4,7-9,11H2,1-2H3,(H,20,21). The number of carboxylic acid groups (broad SMARTS) is 1. The fraction of sp³-hybridized carbons (Fsp3) is 0.588. The molecular formula is C17H24BrNO2. The lowest BCUT2D eigenvalue weighted by molar-refractivity contribution is 0.0697. The lowest BCUT2D eigenvalue weighted by Gasteiger charge is -2.22. The van der Waals surface area contributed by atoms with Gasteiger partial charge in [0, 0.05) is 11.0 Å². The van der Waals surface area contributed by atoms with Crippen LogP contribution in [0.25, 0.3) is 0 Å². The normalized spacial score (nSPS) is 20.5. The van der Waals surface area contributed by atoms with Gasteiger partial charge in [-0.25, -0.2) is 4.79 Å². The Morgan fingerprint density at radius 1 is 1.38 bits per heavy atom. The Kier molecular flexibility index (Phi) is 5.82. The van der Waals surface area contributed by atoms with Gasteiger partial charge in [0.25, 0.3) is 0 Å². The van der Waals surface area contributed by atoms with Gasteiger partial charge in [0.05, 0.1) is 5.56 Å². The monoisotopic (exact) mass is 353 g/mol. The van der Waals surface area contributed by atoms with E-state index in [-0.39, 0.29) is 0 Å². The molecule has 1 fully saturated rings. The largest absolute Gasteiger partial charge is 0.478 e. The maximum atomic E-state index is 11.0. The summed E-state index contributed by atoms with van der Waals surface area (Å²) in [5, 5.41) is 9.01. The Hall–Kier alpha value is -0.870. The Bertz CT molecular complexity index is 502. The van der Waals surface area contributed by atoms with Gasteiger partial charge in [-0.3, -0.25) is 4.90 Å². The molecule has 1 N–H and O–H groups in total. The average Bonchev–Trinajstić information content (AvgIpc) is 2.66. The van der Waals surface area contributed by atoms with Gasteiger partial charge in [-0.05, 0) is 61.9 Å². The fourth-order valence-corrected chi connectivity index (χ4v) is 3.56. The van der Waals surface area contributed by atoms with Crippen LogP contribution in [0, 0.1) is 11.8 Å². The summed E-state index contributed by atoms with van der Waals surface area (Å²) in [6, 6.07) is 5.32. The molecule has 0 aliphatic carbocycles. The summed E-state index contributed by atoms with van der Waals surface area (Å²) in [5.74, 6) is 0.733. The second kappa shape index (κ2) is 7.41. The molecule has 0 amide bonds. The summed E-state index contributed by atoms with van der Waals surface area (Å²) >= 11 is 3.51. The van der Waals surface area contributed by atoms with Crippen molar-refractivity contribution in [2.75, 3.05) is 13.1 Å². The zero-order valence-corrected chi connectivity index (χ0v) is 14.4. The van der Waals surface area contributed by atoms with Crippen LogP contribution in [-0.2, 0) is 6.54 Å². The third-order valence-corrected chi connectivity index (χ3v) is 5.24. The molecule has 1 atom stereocenters. The first-order valence-electron chi connectivity index (χ1n) is 7.71. The van der Waals surface area contributed by atoms with E-state index >= 15 is 0 Å². The minimum absolute atomic E-state index is 0.335. The van der Waals surface area contributed by atoms with E-state index in [2.05, 4.69) is 34.7 Å². The number of halogens is 1. The Morgan fingerprint density at radius 3 is 2.76 bits per heavy atom. The van der Waals surface area contributed by atoms with E-state index in [0.29, 0.717) is 5.56 Å². The van der Waals surface area contributed by atoms with Crippen molar-refractivity contribution in [2.24, 2.45) is 11.8 Å². The van der Waals surface area contributed by atoms with Crippen LogP contribution < -0.4 is 0 Å². The Morgan fingerprint density at radius 2 is 2.14 bits per heavy atom. The molecular weight excluding hydrogens is 330 g/mol. The molecule has 3 nitrogen and oxygen atoms in total. The van der Waals surface area contributed by atoms with E-state index < -0.39 is 5.97 Å². The van der Waals surface area contributed by atoms with Crippen LogP contribution in [0.5, 0.6) is 0 Å². The minimum Gasteiger partial charge on any atom is -0.478 e.